The van der Waals surface area contributed by atoms with E-state index in [-0.39, 0.29) is 5.91 Å². The van der Waals surface area contributed by atoms with E-state index in [1.165, 1.54) is 0 Å². The number of amides is 1. The minimum atomic E-state index is 0.168. The molecule has 5 heteroatoms. The van der Waals surface area contributed by atoms with Gasteiger partial charge in [-0.3, -0.25) is 9.48 Å². The van der Waals surface area contributed by atoms with Crippen molar-refractivity contribution in [1.82, 2.24) is 15.1 Å². The highest BCUT2D eigenvalue weighted by molar-refractivity contribution is 5.76. The zero-order valence-electron chi connectivity index (χ0n) is 12.3. The first-order chi connectivity index (χ1) is 9.63. The van der Waals surface area contributed by atoms with Crippen LogP contribution in [0.3, 0.4) is 0 Å². The number of nitrogens with one attached hydrogen (secondary N) is 1. The maximum atomic E-state index is 11.9. The summed E-state index contributed by atoms with van der Waals surface area (Å²) in [6.45, 7) is 5.72. The predicted molar refractivity (Wildman–Crippen MR) is 75.3 cm³/mol. The summed E-state index contributed by atoms with van der Waals surface area (Å²) in [5.41, 5.74) is 2.20. The van der Waals surface area contributed by atoms with Gasteiger partial charge in [-0.05, 0) is 39.2 Å². The molecule has 0 aromatic carbocycles. The fourth-order valence-corrected chi connectivity index (χ4v) is 3.33. The van der Waals surface area contributed by atoms with Crippen molar-refractivity contribution < 1.29 is 9.53 Å². The molecule has 0 spiro atoms. The Hall–Kier alpha value is -1.36. The molecule has 2 heterocycles. The van der Waals surface area contributed by atoms with Crippen molar-refractivity contribution in [2.45, 2.75) is 58.2 Å². The van der Waals surface area contributed by atoms with Gasteiger partial charge in [0.25, 0.3) is 0 Å². The second kappa shape index (κ2) is 5.56. The summed E-state index contributed by atoms with van der Waals surface area (Å²) < 4.78 is 7.53. The SMILES string of the molecule is Cc1cc(C)n(CCCC(=O)N[C@@H]2C[C@H]3OCC[C@@H]23)n1. The lowest BCUT2D eigenvalue weighted by Gasteiger charge is -2.39. The zero-order chi connectivity index (χ0) is 14.1. The van der Waals surface area contributed by atoms with Crippen molar-refractivity contribution in [3.05, 3.63) is 17.5 Å². The molecule has 20 heavy (non-hydrogen) atoms. The van der Waals surface area contributed by atoms with E-state index in [2.05, 4.69) is 23.4 Å². The number of hydrogen-bond donors (Lipinski definition) is 1. The summed E-state index contributed by atoms with van der Waals surface area (Å²) in [4.78, 5) is 11.9. The molecule has 1 saturated carbocycles. The molecule has 2 aliphatic rings. The highest BCUT2D eigenvalue weighted by Gasteiger charge is 2.45. The van der Waals surface area contributed by atoms with Crippen LogP contribution in [0.4, 0.5) is 0 Å². The monoisotopic (exact) mass is 277 g/mol. The van der Waals surface area contributed by atoms with Crippen LogP contribution in [0.15, 0.2) is 6.07 Å². The van der Waals surface area contributed by atoms with Crippen LogP contribution >= 0.6 is 0 Å². The molecule has 1 aromatic heterocycles. The van der Waals surface area contributed by atoms with Crippen molar-refractivity contribution in [3.8, 4) is 0 Å². The summed E-state index contributed by atoms with van der Waals surface area (Å²) in [5, 5.41) is 7.55. The van der Waals surface area contributed by atoms with E-state index in [4.69, 9.17) is 4.74 Å². The lowest BCUT2D eigenvalue weighted by atomic mass is 9.76. The average Bonchev–Trinajstić information content (AvgIpc) is 2.90. The molecule has 1 amide bonds. The number of fused-ring (bicyclic) bond motifs is 1. The van der Waals surface area contributed by atoms with Crippen LogP contribution in [0.2, 0.25) is 0 Å². The van der Waals surface area contributed by atoms with E-state index >= 15 is 0 Å². The maximum Gasteiger partial charge on any atom is 0.220 e. The van der Waals surface area contributed by atoms with E-state index in [0.29, 0.717) is 24.5 Å². The molecule has 0 bridgehead atoms. The van der Waals surface area contributed by atoms with Gasteiger partial charge in [-0.1, -0.05) is 0 Å². The molecule has 110 valence electrons. The van der Waals surface area contributed by atoms with Crippen molar-refractivity contribution in [2.24, 2.45) is 5.92 Å². The first kappa shape index (κ1) is 13.6. The number of carbonyl (C=O) groups is 1. The van der Waals surface area contributed by atoms with Crippen LogP contribution in [-0.4, -0.2) is 34.4 Å². The second-order valence-electron chi connectivity index (χ2n) is 6.03. The normalized spacial score (nSPS) is 28.0. The molecule has 0 radical (unpaired) electrons. The summed E-state index contributed by atoms with van der Waals surface area (Å²) >= 11 is 0. The van der Waals surface area contributed by atoms with Crippen LogP contribution in [0.25, 0.3) is 0 Å². The minimum Gasteiger partial charge on any atom is -0.378 e. The van der Waals surface area contributed by atoms with Crippen LogP contribution < -0.4 is 5.32 Å². The Kier molecular flexibility index (Phi) is 3.78. The Morgan fingerprint density at radius 3 is 3.10 bits per heavy atom. The van der Waals surface area contributed by atoms with Gasteiger partial charge in [-0.15, -0.1) is 0 Å². The van der Waals surface area contributed by atoms with Crippen LogP contribution in [-0.2, 0) is 16.1 Å². The van der Waals surface area contributed by atoms with Gasteiger partial charge in [0, 0.05) is 37.2 Å². The van der Waals surface area contributed by atoms with Gasteiger partial charge in [-0.2, -0.15) is 5.10 Å². The van der Waals surface area contributed by atoms with E-state index in [0.717, 1.165) is 43.8 Å². The molecule has 1 aliphatic carbocycles. The molecule has 1 N–H and O–H groups in total. The fraction of sp³-hybridized carbons (Fsp3) is 0.733. The first-order valence-electron chi connectivity index (χ1n) is 7.55. The van der Waals surface area contributed by atoms with Gasteiger partial charge in [0.15, 0.2) is 0 Å². The second-order valence-corrected chi connectivity index (χ2v) is 6.03. The van der Waals surface area contributed by atoms with Crippen LogP contribution in [0.5, 0.6) is 0 Å². The number of nitrogens with zero attached hydrogens (tertiary/aromatic N) is 2. The van der Waals surface area contributed by atoms with E-state index in [9.17, 15) is 4.79 Å². The molecule has 1 aliphatic heterocycles. The average molecular weight is 277 g/mol. The van der Waals surface area contributed by atoms with Crippen molar-refractivity contribution in [3.63, 3.8) is 0 Å². The first-order valence-corrected chi connectivity index (χ1v) is 7.55. The lowest BCUT2D eigenvalue weighted by Crippen LogP contribution is -2.53. The van der Waals surface area contributed by atoms with E-state index in [1.54, 1.807) is 0 Å². The number of hydrogen-bond acceptors (Lipinski definition) is 3. The molecule has 5 nitrogen and oxygen atoms in total. The minimum absolute atomic E-state index is 0.168. The molecule has 3 rings (SSSR count). The summed E-state index contributed by atoms with van der Waals surface area (Å²) in [5.74, 6) is 0.733. The van der Waals surface area contributed by atoms with Gasteiger partial charge >= 0.3 is 0 Å². The van der Waals surface area contributed by atoms with Gasteiger partial charge in [0.05, 0.1) is 11.8 Å². The largest absolute Gasteiger partial charge is 0.378 e. The fourth-order valence-electron chi connectivity index (χ4n) is 3.33. The number of ether oxygens (including phenoxy) is 1. The Morgan fingerprint density at radius 1 is 1.55 bits per heavy atom. The molecular formula is C15H23N3O2. The molecule has 1 aromatic rings. The van der Waals surface area contributed by atoms with Gasteiger partial charge in [0.2, 0.25) is 5.91 Å². The Bertz CT molecular complexity index is 497. The highest BCUT2D eigenvalue weighted by Crippen LogP contribution is 2.38. The number of aromatic nitrogens is 2. The quantitative estimate of drug-likeness (QED) is 0.889. The van der Waals surface area contributed by atoms with Gasteiger partial charge in [0.1, 0.15) is 0 Å². The Labute approximate surface area is 119 Å². The molecule has 0 unspecified atom stereocenters. The van der Waals surface area contributed by atoms with Crippen molar-refractivity contribution in [2.75, 3.05) is 6.61 Å². The third-order valence-corrected chi connectivity index (χ3v) is 4.49. The number of carbonyl (C=O) groups excluding carboxylic acids is 1. The van der Waals surface area contributed by atoms with Gasteiger partial charge < -0.3 is 10.1 Å². The summed E-state index contributed by atoms with van der Waals surface area (Å²) in [6.07, 6.45) is 3.92. The highest BCUT2D eigenvalue weighted by atomic mass is 16.5. The third-order valence-electron chi connectivity index (χ3n) is 4.49. The predicted octanol–water partition coefficient (Wildman–Crippen LogP) is 1.57. The van der Waals surface area contributed by atoms with E-state index < -0.39 is 0 Å². The van der Waals surface area contributed by atoms with E-state index in [1.807, 2.05) is 11.6 Å². The topological polar surface area (TPSA) is 56.2 Å². The molecule has 3 atom stereocenters. The smallest absolute Gasteiger partial charge is 0.220 e. The molecule has 1 saturated heterocycles. The Morgan fingerprint density at radius 2 is 2.40 bits per heavy atom. The molecule has 2 fully saturated rings. The molecular weight excluding hydrogens is 254 g/mol. The van der Waals surface area contributed by atoms with Gasteiger partial charge in [-0.25, -0.2) is 0 Å². The summed E-state index contributed by atoms with van der Waals surface area (Å²) in [6, 6.07) is 2.41. The zero-order valence-corrected chi connectivity index (χ0v) is 12.3. The Balaban J connectivity index is 1.38. The lowest BCUT2D eigenvalue weighted by molar-refractivity contribution is -0.124. The number of aryl methyl sites for hydroxylation is 3. The van der Waals surface area contributed by atoms with Crippen molar-refractivity contribution in [1.29, 1.82) is 0 Å². The number of rotatable bonds is 5. The van der Waals surface area contributed by atoms with Crippen molar-refractivity contribution >= 4 is 5.91 Å². The maximum absolute atomic E-state index is 11.9. The van der Waals surface area contributed by atoms with Crippen LogP contribution in [0.1, 0.15) is 37.1 Å². The standard InChI is InChI=1S/C15H23N3O2/c1-10-8-11(2)18(17-10)6-3-4-15(19)16-13-9-14-12(13)5-7-20-14/h8,12-14H,3-7,9H2,1-2H3,(H,16,19)/t12-,13+,14+/m0/s1. The van der Waals surface area contributed by atoms with Crippen LogP contribution in [0, 0.1) is 19.8 Å². The third kappa shape index (κ3) is 2.73. The summed E-state index contributed by atoms with van der Waals surface area (Å²) in [7, 11) is 0.